The summed E-state index contributed by atoms with van der Waals surface area (Å²) in [4.78, 5) is 19.6. The number of likely N-dealkylation sites (tertiary alicyclic amines) is 1. The second-order valence-electron chi connectivity index (χ2n) is 7.10. The number of hydrogen-bond acceptors (Lipinski definition) is 3. The Morgan fingerprint density at radius 1 is 1.04 bits per heavy atom. The van der Waals surface area contributed by atoms with E-state index in [1.165, 1.54) is 6.42 Å². The quantitative estimate of drug-likeness (QED) is 0.710. The topological polar surface area (TPSA) is 51.0 Å². The Hall–Kier alpha value is -2.95. The zero-order chi connectivity index (χ0) is 18.6. The number of rotatable bonds is 4. The van der Waals surface area contributed by atoms with Crippen LogP contribution in [0.25, 0.3) is 5.69 Å². The lowest BCUT2D eigenvalue weighted by atomic mass is 10.0. The Balaban J connectivity index is 1.70. The van der Waals surface area contributed by atoms with E-state index in [2.05, 4.69) is 29.1 Å². The second-order valence-corrected chi connectivity index (χ2v) is 7.10. The van der Waals surface area contributed by atoms with E-state index in [1.807, 2.05) is 53.4 Å². The number of nitrogens with zero attached hydrogens (tertiary/aromatic N) is 4. The van der Waals surface area contributed by atoms with Crippen LogP contribution in [0.4, 0.5) is 0 Å². The molecule has 5 heteroatoms. The average Bonchev–Trinajstić information content (AvgIpc) is 3.13. The van der Waals surface area contributed by atoms with Crippen LogP contribution in [-0.2, 0) is 6.42 Å². The van der Waals surface area contributed by atoms with Gasteiger partial charge < -0.3 is 4.90 Å². The molecule has 1 aromatic heterocycles. The van der Waals surface area contributed by atoms with Crippen molar-refractivity contribution in [2.24, 2.45) is 0 Å². The molecule has 0 saturated carbocycles. The summed E-state index contributed by atoms with van der Waals surface area (Å²) in [5, 5.41) is 4.60. The van der Waals surface area contributed by atoms with E-state index >= 15 is 0 Å². The van der Waals surface area contributed by atoms with Gasteiger partial charge in [0, 0.05) is 19.0 Å². The molecule has 0 aliphatic carbocycles. The molecule has 0 bridgehead atoms. The molecule has 27 heavy (non-hydrogen) atoms. The molecule has 1 amide bonds. The van der Waals surface area contributed by atoms with E-state index in [4.69, 9.17) is 0 Å². The maximum absolute atomic E-state index is 13.0. The molecule has 0 N–H and O–H groups in total. The lowest BCUT2D eigenvalue weighted by Crippen LogP contribution is -2.42. The highest BCUT2D eigenvalue weighted by Gasteiger charge is 2.28. The zero-order valence-electron chi connectivity index (χ0n) is 15.6. The third-order valence-electron chi connectivity index (χ3n) is 5.14. The van der Waals surface area contributed by atoms with Crippen molar-refractivity contribution >= 4 is 5.91 Å². The van der Waals surface area contributed by atoms with Crippen molar-refractivity contribution in [1.82, 2.24) is 19.7 Å². The summed E-state index contributed by atoms with van der Waals surface area (Å²) in [6.45, 7) is 2.89. The van der Waals surface area contributed by atoms with E-state index in [0.29, 0.717) is 12.2 Å². The Bertz CT molecular complexity index is 905. The SMILES string of the molecule is C[C@H]1CCCCN1C(=O)c1nc(Cc2ccccc2)n(-c2ccccc2)n1. The summed E-state index contributed by atoms with van der Waals surface area (Å²) in [5.74, 6) is 1.00. The maximum atomic E-state index is 13.0. The molecular weight excluding hydrogens is 336 g/mol. The normalized spacial score (nSPS) is 17.1. The van der Waals surface area contributed by atoms with Gasteiger partial charge in [0.15, 0.2) is 0 Å². The summed E-state index contributed by atoms with van der Waals surface area (Å²) < 4.78 is 1.80. The number of para-hydroxylation sites is 1. The first-order valence-electron chi connectivity index (χ1n) is 9.58. The molecule has 3 aromatic rings. The standard InChI is InChI=1S/C22H24N4O/c1-17-10-8-9-15-25(17)22(27)21-23-20(16-18-11-4-2-5-12-18)26(24-21)19-13-6-3-7-14-19/h2-7,11-14,17H,8-10,15-16H2,1H3/t17-/m0/s1. The predicted octanol–water partition coefficient (Wildman–Crippen LogP) is 3.87. The summed E-state index contributed by atoms with van der Waals surface area (Å²) >= 11 is 0. The minimum Gasteiger partial charge on any atom is -0.333 e. The number of benzene rings is 2. The molecule has 2 aromatic carbocycles. The molecule has 1 aliphatic heterocycles. The van der Waals surface area contributed by atoms with Crippen molar-refractivity contribution < 1.29 is 4.79 Å². The fourth-order valence-corrected chi connectivity index (χ4v) is 3.63. The van der Waals surface area contributed by atoms with Crippen molar-refractivity contribution in [1.29, 1.82) is 0 Å². The first kappa shape index (κ1) is 17.5. The molecule has 1 fully saturated rings. The van der Waals surface area contributed by atoms with Crippen LogP contribution in [-0.4, -0.2) is 38.2 Å². The molecule has 1 atom stereocenters. The third kappa shape index (κ3) is 3.77. The van der Waals surface area contributed by atoms with Gasteiger partial charge >= 0.3 is 0 Å². The minimum absolute atomic E-state index is 0.0637. The Kier molecular flexibility index (Phi) is 5.01. The smallest absolute Gasteiger partial charge is 0.293 e. The lowest BCUT2D eigenvalue weighted by molar-refractivity contribution is 0.0623. The fourth-order valence-electron chi connectivity index (χ4n) is 3.63. The van der Waals surface area contributed by atoms with Gasteiger partial charge in [-0.25, -0.2) is 9.67 Å². The van der Waals surface area contributed by atoms with Gasteiger partial charge in [-0.15, -0.1) is 5.10 Å². The van der Waals surface area contributed by atoms with E-state index in [1.54, 1.807) is 4.68 Å². The van der Waals surface area contributed by atoms with E-state index in [9.17, 15) is 4.79 Å². The molecule has 1 aliphatic rings. The van der Waals surface area contributed by atoms with Gasteiger partial charge in [0.2, 0.25) is 5.82 Å². The van der Waals surface area contributed by atoms with Gasteiger partial charge in [-0.2, -0.15) is 0 Å². The number of aromatic nitrogens is 3. The summed E-state index contributed by atoms with van der Waals surface area (Å²) in [6.07, 6.45) is 3.90. The predicted molar refractivity (Wildman–Crippen MR) is 105 cm³/mol. The minimum atomic E-state index is -0.0637. The van der Waals surface area contributed by atoms with Crippen LogP contribution in [0.3, 0.4) is 0 Å². The van der Waals surface area contributed by atoms with Crippen molar-refractivity contribution in [3.63, 3.8) is 0 Å². The molecule has 138 valence electrons. The first-order valence-corrected chi connectivity index (χ1v) is 9.58. The van der Waals surface area contributed by atoms with Gasteiger partial charge in [0.25, 0.3) is 5.91 Å². The van der Waals surface area contributed by atoms with Gasteiger partial charge in [-0.1, -0.05) is 48.5 Å². The van der Waals surface area contributed by atoms with Gasteiger partial charge in [-0.05, 0) is 43.9 Å². The van der Waals surface area contributed by atoms with Crippen molar-refractivity contribution in [2.75, 3.05) is 6.54 Å². The van der Waals surface area contributed by atoms with Gasteiger partial charge in [-0.3, -0.25) is 4.79 Å². The first-order chi connectivity index (χ1) is 13.2. The monoisotopic (exact) mass is 360 g/mol. The maximum Gasteiger partial charge on any atom is 0.293 e. The molecule has 5 nitrogen and oxygen atoms in total. The highest BCUT2D eigenvalue weighted by Crippen LogP contribution is 2.20. The molecule has 0 spiro atoms. The Labute approximate surface area is 159 Å². The molecule has 0 radical (unpaired) electrons. The summed E-state index contributed by atoms with van der Waals surface area (Å²) in [7, 11) is 0. The number of amides is 1. The Morgan fingerprint density at radius 3 is 2.44 bits per heavy atom. The van der Waals surface area contributed by atoms with Crippen LogP contribution in [0.5, 0.6) is 0 Å². The van der Waals surface area contributed by atoms with Crippen molar-refractivity contribution in [2.45, 2.75) is 38.6 Å². The Morgan fingerprint density at radius 2 is 1.74 bits per heavy atom. The van der Waals surface area contributed by atoms with Crippen LogP contribution in [0.15, 0.2) is 60.7 Å². The van der Waals surface area contributed by atoms with E-state index < -0.39 is 0 Å². The second kappa shape index (κ2) is 7.74. The van der Waals surface area contributed by atoms with Crippen LogP contribution in [0.1, 0.15) is 48.2 Å². The van der Waals surface area contributed by atoms with E-state index in [-0.39, 0.29) is 11.9 Å². The number of hydrogen-bond donors (Lipinski definition) is 0. The largest absolute Gasteiger partial charge is 0.333 e. The van der Waals surface area contributed by atoms with Crippen LogP contribution in [0, 0.1) is 0 Å². The summed E-state index contributed by atoms with van der Waals surface area (Å²) in [5.41, 5.74) is 2.06. The molecule has 4 rings (SSSR count). The van der Waals surface area contributed by atoms with Crippen LogP contribution < -0.4 is 0 Å². The van der Waals surface area contributed by atoms with Gasteiger partial charge in [0.1, 0.15) is 5.82 Å². The summed E-state index contributed by atoms with van der Waals surface area (Å²) in [6, 6.07) is 20.3. The molecule has 1 saturated heterocycles. The third-order valence-corrected chi connectivity index (χ3v) is 5.14. The molecule has 2 heterocycles. The average molecular weight is 360 g/mol. The van der Waals surface area contributed by atoms with Crippen molar-refractivity contribution in [3.8, 4) is 5.69 Å². The fraction of sp³-hybridized carbons (Fsp3) is 0.318. The number of carbonyl (C=O) groups is 1. The zero-order valence-corrected chi connectivity index (χ0v) is 15.6. The highest BCUT2D eigenvalue weighted by molar-refractivity contribution is 5.90. The van der Waals surface area contributed by atoms with Crippen LogP contribution in [0.2, 0.25) is 0 Å². The number of piperidine rings is 1. The molecular formula is C22H24N4O. The lowest BCUT2D eigenvalue weighted by Gasteiger charge is -2.32. The van der Waals surface area contributed by atoms with E-state index in [0.717, 1.165) is 36.5 Å². The van der Waals surface area contributed by atoms with Gasteiger partial charge in [0.05, 0.1) is 5.69 Å². The van der Waals surface area contributed by atoms with Crippen molar-refractivity contribution in [3.05, 3.63) is 77.9 Å². The highest BCUT2D eigenvalue weighted by atomic mass is 16.2. The van der Waals surface area contributed by atoms with Crippen LogP contribution >= 0.6 is 0 Å². The number of carbonyl (C=O) groups excluding carboxylic acids is 1. The molecule has 0 unspecified atom stereocenters.